The number of ether oxygens (including phenoxy) is 1. The van der Waals surface area contributed by atoms with Crippen molar-refractivity contribution in [1.82, 2.24) is 4.90 Å². The molecule has 0 aliphatic carbocycles. The summed E-state index contributed by atoms with van der Waals surface area (Å²) in [6.07, 6.45) is 1.81. The second-order valence-electron chi connectivity index (χ2n) is 6.47. The Labute approximate surface area is 151 Å². The number of nitrogens with one attached hydrogen (secondary N) is 1. The minimum Gasteiger partial charge on any atom is -0.495 e. The lowest BCUT2D eigenvalue weighted by Gasteiger charge is -2.33. The number of anilines is 1. The van der Waals surface area contributed by atoms with Gasteiger partial charge < -0.3 is 10.1 Å². The van der Waals surface area contributed by atoms with Gasteiger partial charge in [0, 0.05) is 37.8 Å². The minimum absolute atomic E-state index is 0.0387. The van der Waals surface area contributed by atoms with E-state index in [1.54, 1.807) is 25.3 Å². The van der Waals surface area contributed by atoms with Crippen LogP contribution in [0, 0.1) is 15.9 Å². The van der Waals surface area contributed by atoms with Gasteiger partial charge in [-0.25, -0.2) is 4.39 Å². The molecule has 0 spiro atoms. The maximum absolute atomic E-state index is 13.3. The molecule has 0 unspecified atom stereocenters. The number of methoxy groups -OCH3 is 1. The van der Waals surface area contributed by atoms with Crippen LogP contribution in [0.1, 0.15) is 18.4 Å². The van der Waals surface area contributed by atoms with E-state index >= 15 is 0 Å². The average Bonchev–Trinajstić information content (AvgIpc) is 2.63. The van der Waals surface area contributed by atoms with Crippen molar-refractivity contribution in [3.8, 4) is 5.75 Å². The van der Waals surface area contributed by atoms with Gasteiger partial charge in [0.15, 0.2) is 0 Å². The smallest absolute Gasteiger partial charge is 0.271 e. The van der Waals surface area contributed by atoms with Crippen LogP contribution in [0.15, 0.2) is 42.5 Å². The average molecular weight is 359 g/mol. The predicted octanol–water partition coefficient (Wildman–Crippen LogP) is 3.82. The summed E-state index contributed by atoms with van der Waals surface area (Å²) in [5.74, 6) is 0.384. The van der Waals surface area contributed by atoms with Crippen molar-refractivity contribution in [2.75, 3.05) is 25.5 Å². The first kappa shape index (κ1) is 18.1. The number of nitrogens with zero attached hydrogens (tertiary/aromatic N) is 2. The van der Waals surface area contributed by atoms with E-state index in [1.807, 2.05) is 6.07 Å². The summed E-state index contributed by atoms with van der Waals surface area (Å²) in [5.41, 5.74) is 1.65. The molecule has 0 bridgehead atoms. The van der Waals surface area contributed by atoms with Crippen LogP contribution < -0.4 is 10.1 Å². The molecular formula is C19H22FN3O3. The maximum Gasteiger partial charge on any atom is 0.271 e. The molecule has 3 rings (SSSR count). The molecule has 1 heterocycles. The van der Waals surface area contributed by atoms with Crippen LogP contribution in [0.3, 0.4) is 0 Å². The number of likely N-dealkylation sites (tertiary alicyclic amines) is 1. The van der Waals surface area contributed by atoms with Crippen LogP contribution in [0.25, 0.3) is 0 Å². The fourth-order valence-electron chi connectivity index (χ4n) is 3.27. The predicted molar refractivity (Wildman–Crippen MR) is 98.0 cm³/mol. The lowest BCUT2D eigenvalue weighted by atomic mass is 10.0. The molecule has 26 heavy (non-hydrogen) atoms. The van der Waals surface area contributed by atoms with Gasteiger partial charge in [-0.15, -0.1) is 0 Å². The number of rotatable bonds is 6. The first-order valence-corrected chi connectivity index (χ1v) is 8.61. The van der Waals surface area contributed by atoms with Gasteiger partial charge >= 0.3 is 0 Å². The van der Waals surface area contributed by atoms with Gasteiger partial charge in [-0.2, -0.15) is 0 Å². The summed E-state index contributed by atoms with van der Waals surface area (Å²) >= 11 is 0. The third-order valence-electron chi connectivity index (χ3n) is 4.64. The van der Waals surface area contributed by atoms with Gasteiger partial charge in [0.1, 0.15) is 11.6 Å². The summed E-state index contributed by atoms with van der Waals surface area (Å²) in [6, 6.07) is 11.5. The SMILES string of the molecule is COc1ccc([N+](=O)[O-])cc1NC1CCN(Cc2cccc(F)c2)CC1. The van der Waals surface area contributed by atoms with Gasteiger partial charge in [0.25, 0.3) is 5.69 Å². The first-order valence-electron chi connectivity index (χ1n) is 8.61. The third kappa shape index (κ3) is 4.49. The number of hydrogen-bond acceptors (Lipinski definition) is 5. The van der Waals surface area contributed by atoms with Crippen molar-refractivity contribution in [2.24, 2.45) is 0 Å². The van der Waals surface area contributed by atoms with Gasteiger partial charge in [-0.05, 0) is 36.6 Å². The molecule has 0 atom stereocenters. The lowest BCUT2D eigenvalue weighted by Crippen LogP contribution is -2.38. The highest BCUT2D eigenvalue weighted by Gasteiger charge is 2.21. The highest BCUT2D eigenvalue weighted by atomic mass is 19.1. The Morgan fingerprint density at radius 3 is 2.69 bits per heavy atom. The van der Waals surface area contributed by atoms with E-state index in [1.165, 1.54) is 18.2 Å². The fourth-order valence-corrected chi connectivity index (χ4v) is 3.27. The van der Waals surface area contributed by atoms with Crippen molar-refractivity contribution in [2.45, 2.75) is 25.4 Å². The van der Waals surface area contributed by atoms with E-state index in [0.29, 0.717) is 11.4 Å². The zero-order valence-electron chi connectivity index (χ0n) is 14.7. The summed E-state index contributed by atoms with van der Waals surface area (Å²) < 4.78 is 18.6. The van der Waals surface area contributed by atoms with Crippen LogP contribution in [0.4, 0.5) is 15.8 Å². The number of benzene rings is 2. The quantitative estimate of drug-likeness (QED) is 0.627. The molecule has 1 N–H and O–H groups in total. The van der Waals surface area contributed by atoms with Crippen LogP contribution in [0.2, 0.25) is 0 Å². The number of piperidine rings is 1. The monoisotopic (exact) mass is 359 g/mol. The number of nitro benzene ring substituents is 1. The Morgan fingerprint density at radius 2 is 2.04 bits per heavy atom. The van der Waals surface area contributed by atoms with Crippen molar-refractivity contribution in [3.63, 3.8) is 0 Å². The standard InChI is InChI=1S/C19H22FN3O3/c1-26-19-6-5-17(23(24)25)12-18(19)21-16-7-9-22(10-8-16)13-14-3-2-4-15(20)11-14/h2-6,11-12,16,21H,7-10,13H2,1H3. The van der Waals surface area contributed by atoms with E-state index in [4.69, 9.17) is 4.74 Å². The van der Waals surface area contributed by atoms with Crippen LogP contribution >= 0.6 is 0 Å². The number of non-ortho nitro benzene ring substituents is 1. The van der Waals surface area contributed by atoms with Crippen LogP contribution in [-0.2, 0) is 6.54 Å². The molecule has 1 saturated heterocycles. The topological polar surface area (TPSA) is 67.6 Å². The number of hydrogen-bond donors (Lipinski definition) is 1. The van der Waals surface area contributed by atoms with Gasteiger partial charge in [0.05, 0.1) is 17.7 Å². The lowest BCUT2D eigenvalue weighted by molar-refractivity contribution is -0.384. The first-order chi connectivity index (χ1) is 12.5. The maximum atomic E-state index is 13.3. The summed E-state index contributed by atoms with van der Waals surface area (Å²) in [7, 11) is 1.55. The molecule has 138 valence electrons. The van der Waals surface area contributed by atoms with E-state index in [-0.39, 0.29) is 17.5 Å². The second kappa shape index (κ2) is 8.14. The van der Waals surface area contributed by atoms with E-state index in [9.17, 15) is 14.5 Å². The van der Waals surface area contributed by atoms with Gasteiger partial charge in [-0.3, -0.25) is 15.0 Å². The third-order valence-corrected chi connectivity index (χ3v) is 4.64. The Balaban J connectivity index is 1.58. The normalized spacial score (nSPS) is 15.6. The van der Waals surface area contributed by atoms with Gasteiger partial charge in [0.2, 0.25) is 0 Å². The van der Waals surface area contributed by atoms with E-state index < -0.39 is 4.92 Å². The molecule has 1 aliphatic heterocycles. The zero-order valence-corrected chi connectivity index (χ0v) is 14.7. The Hall–Kier alpha value is -2.67. The molecule has 6 nitrogen and oxygen atoms in total. The Morgan fingerprint density at radius 1 is 1.27 bits per heavy atom. The summed E-state index contributed by atoms with van der Waals surface area (Å²) in [4.78, 5) is 12.9. The van der Waals surface area contributed by atoms with Crippen LogP contribution in [-0.4, -0.2) is 36.1 Å². The fraction of sp³-hybridized carbons (Fsp3) is 0.368. The van der Waals surface area contributed by atoms with E-state index in [2.05, 4.69) is 10.2 Å². The van der Waals surface area contributed by atoms with Gasteiger partial charge in [-0.1, -0.05) is 12.1 Å². The second-order valence-corrected chi connectivity index (χ2v) is 6.47. The molecular weight excluding hydrogens is 337 g/mol. The molecule has 0 radical (unpaired) electrons. The molecule has 0 aromatic heterocycles. The molecule has 0 saturated carbocycles. The van der Waals surface area contributed by atoms with Crippen LogP contribution in [0.5, 0.6) is 5.75 Å². The number of nitro groups is 1. The zero-order chi connectivity index (χ0) is 18.5. The van der Waals surface area contributed by atoms with Crippen molar-refractivity contribution in [1.29, 1.82) is 0 Å². The Kier molecular flexibility index (Phi) is 5.68. The van der Waals surface area contributed by atoms with Crippen molar-refractivity contribution >= 4 is 11.4 Å². The highest BCUT2D eigenvalue weighted by Crippen LogP contribution is 2.30. The minimum atomic E-state index is -0.411. The Bertz CT molecular complexity index is 776. The molecule has 2 aromatic carbocycles. The number of halogens is 1. The molecule has 1 fully saturated rings. The largest absolute Gasteiger partial charge is 0.495 e. The van der Waals surface area contributed by atoms with Crippen molar-refractivity contribution in [3.05, 3.63) is 64.0 Å². The summed E-state index contributed by atoms with van der Waals surface area (Å²) in [5, 5.41) is 14.4. The molecule has 1 aliphatic rings. The van der Waals surface area contributed by atoms with Crippen molar-refractivity contribution < 1.29 is 14.1 Å². The molecule has 0 amide bonds. The van der Waals surface area contributed by atoms with E-state index in [0.717, 1.165) is 38.0 Å². The molecule has 2 aromatic rings. The summed E-state index contributed by atoms with van der Waals surface area (Å²) in [6.45, 7) is 2.49. The highest BCUT2D eigenvalue weighted by molar-refractivity contribution is 5.62. The molecule has 7 heteroatoms.